The van der Waals surface area contributed by atoms with Crippen LogP contribution in [-0.2, 0) is 0 Å². The van der Waals surface area contributed by atoms with E-state index < -0.39 is 0 Å². The van der Waals surface area contributed by atoms with Gasteiger partial charge in [0.1, 0.15) is 0 Å². The molecule has 0 N–H and O–H groups in total. The Morgan fingerprint density at radius 2 is 2.00 bits per heavy atom. The van der Waals surface area contributed by atoms with Crippen LogP contribution in [0.3, 0.4) is 0 Å². The molecule has 0 amide bonds. The Morgan fingerprint density at radius 3 is 2.75 bits per heavy atom. The number of likely N-dealkylation sites (N-methyl/N-ethyl adjacent to an activating group) is 2. The molecule has 2 rings (SSSR count). The summed E-state index contributed by atoms with van der Waals surface area (Å²) in [5.74, 6) is 1.01. The summed E-state index contributed by atoms with van der Waals surface area (Å²) < 4.78 is 0. The lowest BCUT2D eigenvalue weighted by molar-refractivity contribution is 0.127. The average molecular weight is 168 g/mol. The average Bonchev–Trinajstić information content (AvgIpc) is 2.46. The Bertz CT molecular complexity index is 152. The first kappa shape index (κ1) is 8.52. The van der Waals surface area contributed by atoms with Crippen LogP contribution in [0.1, 0.15) is 19.8 Å². The molecule has 0 radical (unpaired) electrons. The summed E-state index contributed by atoms with van der Waals surface area (Å²) in [7, 11) is 2.25. The normalized spacial score (nSPS) is 38.5. The Labute approximate surface area is 75.5 Å². The summed E-state index contributed by atoms with van der Waals surface area (Å²) in [6.45, 7) is 7.50. The van der Waals surface area contributed by atoms with Gasteiger partial charge in [-0.25, -0.2) is 0 Å². The van der Waals surface area contributed by atoms with Crippen molar-refractivity contribution in [2.75, 3.05) is 33.2 Å². The fraction of sp³-hybridized carbons (Fsp3) is 1.00. The summed E-state index contributed by atoms with van der Waals surface area (Å²) in [6.07, 6.45) is 2.88. The third kappa shape index (κ3) is 1.38. The van der Waals surface area contributed by atoms with Gasteiger partial charge in [0.2, 0.25) is 0 Å². The van der Waals surface area contributed by atoms with Gasteiger partial charge in [0.25, 0.3) is 0 Å². The van der Waals surface area contributed by atoms with E-state index in [0.29, 0.717) is 0 Å². The summed E-state index contributed by atoms with van der Waals surface area (Å²) in [6, 6.07) is 0.883. The molecule has 2 nitrogen and oxygen atoms in total. The van der Waals surface area contributed by atoms with Crippen molar-refractivity contribution in [3.8, 4) is 0 Å². The molecular formula is C10H20N2. The highest BCUT2D eigenvalue weighted by Crippen LogP contribution is 2.30. The lowest BCUT2D eigenvalue weighted by atomic mass is 9.92. The minimum Gasteiger partial charge on any atom is -0.305 e. The molecular weight excluding hydrogens is 148 g/mol. The highest BCUT2D eigenvalue weighted by atomic mass is 15.2. The number of hydrogen-bond acceptors (Lipinski definition) is 2. The second-order valence-corrected chi connectivity index (χ2v) is 4.30. The maximum Gasteiger partial charge on any atom is 0.0252 e. The number of fused-ring (bicyclic) bond motifs is 1. The first-order valence-electron chi connectivity index (χ1n) is 5.24. The number of likely N-dealkylation sites (tertiary alicyclic amines) is 2. The molecule has 2 atom stereocenters. The minimum atomic E-state index is 0.883. The first-order chi connectivity index (χ1) is 5.81. The van der Waals surface area contributed by atoms with Gasteiger partial charge in [-0.3, -0.25) is 4.90 Å². The van der Waals surface area contributed by atoms with Crippen molar-refractivity contribution in [1.82, 2.24) is 9.80 Å². The summed E-state index contributed by atoms with van der Waals surface area (Å²) in [5, 5.41) is 0. The van der Waals surface area contributed by atoms with Crippen LogP contribution in [0.25, 0.3) is 0 Å². The predicted octanol–water partition coefficient (Wildman–Crippen LogP) is 1.03. The smallest absolute Gasteiger partial charge is 0.0252 e. The standard InChI is InChI=1S/C10H20N2/c1-3-12-7-5-9-4-6-11(2)8-10(9)12/h9-10H,3-8H2,1-2H3. The van der Waals surface area contributed by atoms with Gasteiger partial charge in [-0.1, -0.05) is 6.92 Å². The van der Waals surface area contributed by atoms with E-state index in [1.165, 1.54) is 39.0 Å². The molecule has 0 aliphatic carbocycles. The monoisotopic (exact) mass is 168 g/mol. The highest BCUT2D eigenvalue weighted by molar-refractivity contribution is 4.91. The van der Waals surface area contributed by atoms with Crippen molar-refractivity contribution in [2.24, 2.45) is 5.92 Å². The fourth-order valence-corrected chi connectivity index (χ4v) is 2.78. The summed E-state index contributed by atoms with van der Waals surface area (Å²) in [4.78, 5) is 5.13. The molecule has 2 aliphatic heterocycles. The van der Waals surface area contributed by atoms with Gasteiger partial charge in [0.05, 0.1) is 0 Å². The second-order valence-electron chi connectivity index (χ2n) is 4.30. The van der Waals surface area contributed by atoms with E-state index in [-0.39, 0.29) is 0 Å². The van der Waals surface area contributed by atoms with Crippen LogP contribution in [0, 0.1) is 5.92 Å². The van der Waals surface area contributed by atoms with Gasteiger partial charge in [-0.05, 0) is 45.4 Å². The van der Waals surface area contributed by atoms with Gasteiger partial charge in [-0.2, -0.15) is 0 Å². The Morgan fingerprint density at radius 1 is 1.25 bits per heavy atom. The zero-order valence-electron chi connectivity index (χ0n) is 8.29. The number of rotatable bonds is 1. The molecule has 0 aromatic rings. The van der Waals surface area contributed by atoms with Crippen LogP contribution in [0.5, 0.6) is 0 Å². The molecule has 2 heteroatoms. The third-order valence-corrected chi connectivity index (χ3v) is 3.59. The molecule has 2 unspecified atom stereocenters. The Kier molecular flexibility index (Phi) is 2.37. The molecule has 2 heterocycles. The van der Waals surface area contributed by atoms with Crippen LogP contribution >= 0.6 is 0 Å². The molecule has 0 saturated carbocycles. The molecule has 0 spiro atoms. The maximum atomic E-state index is 2.65. The van der Waals surface area contributed by atoms with Crippen molar-refractivity contribution < 1.29 is 0 Å². The number of nitrogens with zero attached hydrogens (tertiary/aromatic N) is 2. The lowest BCUT2D eigenvalue weighted by Gasteiger charge is -2.36. The van der Waals surface area contributed by atoms with E-state index in [2.05, 4.69) is 23.8 Å². The Balaban J connectivity index is 2.00. The van der Waals surface area contributed by atoms with Crippen molar-refractivity contribution in [3.63, 3.8) is 0 Å². The molecule has 2 aliphatic rings. The predicted molar refractivity (Wildman–Crippen MR) is 51.3 cm³/mol. The van der Waals surface area contributed by atoms with E-state index >= 15 is 0 Å². The van der Waals surface area contributed by atoms with Crippen LogP contribution in [0.15, 0.2) is 0 Å². The zero-order chi connectivity index (χ0) is 8.55. The maximum absolute atomic E-state index is 2.65. The first-order valence-corrected chi connectivity index (χ1v) is 5.24. The number of piperidine rings is 1. The Hall–Kier alpha value is -0.0800. The molecule has 0 aromatic heterocycles. The highest BCUT2D eigenvalue weighted by Gasteiger charge is 2.36. The number of hydrogen-bond donors (Lipinski definition) is 0. The van der Waals surface area contributed by atoms with Gasteiger partial charge in [0, 0.05) is 12.6 Å². The van der Waals surface area contributed by atoms with Crippen LogP contribution in [0.4, 0.5) is 0 Å². The summed E-state index contributed by atoms with van der Waals surface area (Å²) in [5.41, 5.74) is 0. The zero-order valence-corrected chi connectivity index (χ0v) is 8.29. The van der Waals surface area contributed by atoms with Gasteiger partial charge in [-0.15, -0.1) is 0 Å². The molecule has 70 valence electrons. The molecule has 0 aromatic carbocycles. The SMILES string of the molecule is CCN1CCC2CCN(C)CC21. The van der Waals surface area contributed by atoms with Crippen molar-refractivity contribution >= 4 is 0 Å². The van der Waals surface area contributed by atoms with E-state index in [9.17, 15) is 0 Å². The van der Waals surface area contributed by atoms with E-state index in [1.54, 1.807) is 0 Å². The minimum absolute atomic E-state index is 0.883. The second kappa shape index (κ2) is 3.35. The molecule has 0 bridgehead atoms. The van der Waals surface area contributed by atoms with Crippen LogP contribution < -0.4 is 0 Å². The molecule has 12 heavy (non-hydrogen) atoms. The van der Waals surface area contributed by atoms with Gasteiger partial charge in [0.15, 0.2) is 0 Å². The van der Waals surface area contributed by atoms with Crippen LogP contribution in [0.2, 0.25) is 0 Å². The van der Waals surface area contributed by atoms with E-state index in [0.717, 1.165) is 12.0 Å². The topological polar surface area (TPSA) is 6.48 Å². The lowest BCUT2D eigenvalue weighted by Crippen LogP contribution is -2.46. The van der Waals surface area contributed by atoms with Crippen molar-refractivity contribution in [2.45, 2.75) is 25.8 Å². The largest absolute Gasteiger partial charge is 0.305 e. The third-order valence-electron chi connectivity index (χ3n) is 3.59. The van der Waals surface area contributed by atoms with Crippen LogP contribution in [-0.4, -0.2) is 49.1 Å². The summed E-state index contributed by atoms with van der Waals surface area (Å²) >= 11 is 0. The molecule has 2 fully saturated rings. The van der Waals surface area contributed by atoms with E-state index in [4.69, 9.17) is 0 Å². The quantitative estimate of drug-likeness (QED) is 0.577. The van der Waals surface area contributed by atoms with Gasteiger partial charge >= 0.3 is 0 Å². The van der Waals surface area contributed by atoms with E-state index in [1.807, 2.05) is 0 Å². The molecule has 2 saturated heterocycles. The van der Waals surface area contributed by atoms with Crippen molar-refractivity contribution in [1.29, 1.82) is 0 Å². The van der Waals surface area contributed by atoms with Gasteiger partial charge < -0.3 is 4.90 Å². The fourth-order valence-electron chi connectivity index (χ4n) is 2.78. The van der Waals surface area contributed by atoms with Crippen molar-refractivity contribution in [3.05, 3.63) is 0 Å².